The summed E-state index contributed by atoms with van der Waals surface area (Å²) in [5.41, 5.74) is -1.30. The number of sulfone groups is 1. The van der Waals surface area contributed by atoms with Crippen LogP contribution in [0, 0.1) is 42.1 Å². The van der Waals surface area contributed by atoms with E-state index < -0.39 is 62.2 Å². The monoisotopic (exact) mass is 624 g/mol. The molecule has 5 N–H and O–H groups in total. The maximum atomic E-state index is 13.9. The number of anilines is 1. The maximum Gasteiger partial charge on any atom is 0.255 e. The van der Waals surface area contributed by atoms with Crippen molar-refractivity contribution in [2.24, 2.45) is 17.8 Å². The molecule has 5 atom stereocenters. The van der Waals surface area contributed by atoms with Gasteiger partial charge in [0.1, 0.15) is 0 Å². The fourth-order valence-electron chi connectivity index (χ4n) is 6.95. The van der Waals surface area contributed by atoms with Crippen molar-refractivity contribution in [2.45, 2.75) is 79.8 Å². The summed E-state index contributed by atoms with van der Waals surface area (Å²) in [6, 6.07) is 5.27. The fraction of sp³-hybridized carbons (Fsp3) is 0.533. The van der Waals surface area contributed by atoms with Crippen LogP contribution in [0.25, 0.3) is 0 Å². The molecule has 0 heterocycles. The lowest BCUT2D eigenvalue weighted by Crippen LogP contribution is -2.55. The van der Waals surface area contributed by atoms with Gasteiger partial charge in [0.05, 0.1) is 28.0 Å². The Kier molecular flexibility index (Phi) is 8.64. The molecule has 3 aliphatic carbocycles. The summed E-state index contributed by atoms with van der Waals surface area (Å²) in [7, 11) is -3.98. The van der Waals surface area contributed by atoms with Gasteiger partial charge in [0.25, 0.3) is 5.91 Å². The van der Waals surface area contributed by atoms with E-state index in [1.807, 2.05) is 0 Å². The Morgan fingerprint density at radius 2 is 1.56 bits per heavy atom. The smallest absolute Gasteiger partial charge is 0.255 e. The number of benzene rings is 2. The molecule has 13 heteroatoms. The highest BCUT2D eigenvalue weighted by molar-refractivity contribution is 7.92. The van der Waals surface area contributed by atoms with Crippen molar-refractivity contribution >= 4 is 27.3 Å². The number of fused-ring (bicyclic) bond motifs is 2. The van der Waals surface area contributed by atoms with Gasteiger partial charge >= 0.3 is 0 Å². The summed E-state index contributed by atoms with van der Waals surface area (Å²) < 4.78 is 68.2. The van der Waals surface area contributed by atoms with E-state index in [9.17, 15) is 46.5 Å². The van der Waals surface area contributed by atoms with Crippen LogP contribution in [0.2, 0.25) is 0 Å². The average molecular weight is 625 g/mol. The second-order valence-corrected chi connectivity index (χ2v) is 14.3. The number of aryl methyl sites for hydroxylation is 1. The molecule has 5 unspecified atom stereocenters. The topological polar surface area (TPSA) is 153 Å². The van der Waals surface area contributed by atoms with Gasteiger partial charge in [-0.1, -0.05) is 6.07 Å². The summed E-state index contributed by atoms with van der Waals surface area (Å²) in [6.07, 6.45) is 0.506. The average Bonchev–Trinajstić information content (AvgIpc) is 3.11. The van der Waals surface area contributed by atoms with Crippen LogP contribution in [-0.4, -0.2) is 65.2 Å². The second kappa shape index (κ2) is 11.8. The third kappa shape index (κ3) is 6.04. The van der Waals surface area contributed by atoms with Crippen LogP contribution in [0.3, 0.4) is 0 Å². The first-order chi connectivity index (χ1) is 20.2. The molecule has 5 rings (SSSR count). The van der Waals surface area contributed by atoms with Crippen LogP contribution < -0.4 is 10.6 Å². The van der Waals surface area contributed by atoms with Crippen LogP contribution in [0.5, 0.6) is 0 Å². The minimum absolute atomic E-state index is 0.0393. The Bertz CT molecular complexity index is 1500. The molecular formula is C30H35F3N2O7S. The quantitative estimate of drug-likeness (QED) is 0.297. The van der Waals surface area contributed by atoms with Gasteiger partial charge in [0.15, 0.2) is 27.3 Å². The van der Waals surface area contributed by atoms with Crippen molar-refractivity contribution in [3.8, 4) is 0 Å². The van der Waals surface area contributed by atoms with Crippen molar-refractivity contribution in [2.75, 3.05) is 11.9 Å². The van der Waals surface area contributed by atoms with E-state index in [-0.39, 0.29) is 59.7 Å². The van der Waals surface area contributed by atoms with Gasteiger partial charge in [0, 0.05) is 35.8 Å². The number of hydrogen-bond acceptors (Lipinski definition) is 7. The van der Waals surface area contributed by atoms with E-state index in [0.29, 0.717) is 43.4 Å². The Balaban J connectivity index is 1.28. The van der Waals surface area contributed by atoms with Crippen LogP contribution in [0.15, 0.2) is 35.2 Å². The third-order valence-corrected chi connectivity index (χ3v) is 11.8. The van der Waals surface area contributed by atoms with Crippen LogP contribution in [-0.2, 0) is 14.6 Å². The first kappa shape index (κ1) is 31.4. The number of nitrogens with one attached hydrogen (secondary N) is 2. The van der Waals surface area contributed by atoms with E-state index >= 15 is 0 Å². The van der Waals surface area contributed by atoms with Crippen molar-refractivity contribution in [1.82, 2.24) is 5.32 Å². The molecule has 0 spiro atoms. The van der Waals surface area contributed by atoms with Crippen molar-refractivity contribution in [3.05, 3.63) is 58.9 Å². The third-order valence-electron chi connectivity index (χ3n) is 9.51. The molecule has 2 aromatic carbocycles. The van der Waals surface area contributed by atoms with E-state index in [0.717, 1.165) is 0 Å². The summed E-state index contributed by atoms with van der Waals surface area (Å²) in [6.45, 7) is 1.55. The van der Waals surface area contributed by atoms with Crippen molar-refractivity contribution in [3.63, 3.8) is 0 Å². The number of aliphatic hydroxyl groups is 3. The number of hydrogen-bond donors (Lipinski definition) is 5. The summed E-state index contributed by atoms with van der Waals surface area (Å²) in [5, 5.41) is 35.5. The Hall–Kier alpha value is -3.00. The van der Waals surface area contributed by atoms with Crippen LogP contribution >= 0.6 is 0 Å². The normalized spacial score (nSPS) is 30.6. The number of rotatable bonds is 7. The summed E-state index contributed by atoms with van der Waals surface area (Å²) in [5.74, 6) is -7.06. The van der Waals surface area contributed by atoms with Crippen molar-refractivity contribution in [1.29, 1.82) is 0 Å². The zero-order valence-electron chi connectivity index (χ0n) is 23.5. The molecule has 3 aliphatic rings. The van der Waals surface area contributed by atoms with Gasteiger partial charge < -0.3 is 26.0 Å². The summed E-state index contributed by atoms with van der Waals surface area (Å²) >= 11 is 0. The number of aliphatic hydroxyl groups excluding tert-OH is 2. The predicted molar refractivity (Wildman–Crippen MR) is 149 cm³/mol. The number of amides is 2. The Labute approximate surface area is 247 Å². The number of halogens is 3. The van der Waals surface area contributed by atoms with Gasteiger partial charge in [-0.3, -0.25) is 9.59 Å². The molecule has 0 saturated heterocycles. The lowest BCUT2D eigenvalue weighted by atomic mass is 9.74. The molecule has 2 aromatic rings. The van der Waals surface area contributed by atoms with Gasteiger partial charge in [-0.05, 0) is 81.4 Å². The van der Waals surface area contributed by atoms with Gasteiger partial charge in [-0.25, -0.2) is 21.6 Å². The van der Waals surface area contributed by atoms with E-state index in [1.54, 1.807) is 6.92 Å². The van der Waals surface area contributed by atoms with E-state index in [1.165, 1.54) is 18.2 Å². The molecule has 2 bridgehead atoms. The fourth-order valence-corrected chi connectivity index (χ4v) is 9.09. The first-order valence-electron chi connectivity index (χ1n) is 14.4. The number of carbonyl (C=O) groups is 2. The number of carbonyl (C=O) groups excluding carboxylic acids is 2. The molecule has 0 aliphatic heterocycles. The van der Waals surface area contributed by atoms with E-state index in [2.05, 4.69) is 10.6 Å². The molecular weight excluding hydrogens is 589 g/mol. The maximum absolute atomic E-state index is 13.9. The molecule has 43 heavy (non-hydrogen) atoms. The van der Waals surface area contributed by atoms with Crippen LogP contribution in [0.4, 0.5) is 18.9 Å². The molecule has 2 amide bonds. The Morgan fingerprint density at radius 1 is 0.930 bits per heavy atom. The minimum Gasteiger partial charge on any atom is -0.390 e. The zero-order valence-corrected chi connectivity index (χ0v) is 24.3. The first-order valence-corrected chi connectivity index (χ1v) is 15.9. The molecule has 0 radical (unpaired) electrons. The lowest BCUT2D eigenvalue weighted by molar-refractivity contribution is -0.132. The zero-order chi connectivity index (χ0) is 31.3. The van der Waals surface area contributed by atoms with Crippen LogP contribution in [0.1, 0.15) is 60.9 Å². The van der Waals surface area contributed by atoms with Gasteiger partial charge in [-0.2, -0.15) is 0 Å². The lowest BCUT2D eigenvalue weighted by Gasteiger charge is -2.43. The SMILES string of the molecule is Cc1ccc(C(=O)Nc2cc(F)c(F)c(F)c2)cc1S(=O)(=O)C1CC2CCC(C1)C2(O)CNC(=O)C1CCC(O)C(O)C1. The minimum atomic E-state index is -3.98. The molecule has 9 nitrogen and oxygen atoms in total. The molecule has 0 aromatic heterocycles. The second-order valence-electron chi connectivity index (χ2n) is 12.2. The molecule has 3 saturated carbocycles. The highest BCUT2D eigenvalue weighted by atomic mass is 32.2. The van der Waals surface area contributed by atoms with Gasteiger partial charge in [-0.15, -0.1) is 0 Å². The highest BCUT2D eigenvalue weighted by Crippen LogP contribution is 2.51. The van der Waals surface area contributed by atoms with Gasteiger partial charge in [0.2, 0.25) is 5.91 Å². The highest BCUT2D eigenvalue weighted by Gasteiger charge is 2.55. The molecule has 3 fully saturated rings. The van der Waals surface area contributed by atoms with Crippen molar-refractivity contribution < 1.29 is 46.5 Å². The van der Waals surface area contributed by atoms with E-state index in [4.69, 9.17) is 0 Å². The Morgan fingerprint density at radius 3 is 2.16 bits per heavy atom. The predicted octanol–water partition coefficient (Wildman–Crippen LogP) is 3.00. The summed E-state index contributed by atoms with van der Waals surface area (Å²) in [4.78, 5) is 25.5. The molecule has 234 valence electrons. The standard InChI is InChI=1S/C30H35F3N2O7S/c1-15-2-3-17(29(39)35-20-12-22(31)27(33)23(32)13-20)9-26(15)43(41,42)21-10-18-5-6-19(11-21)30(18,40)14-34-28(38)16-4-7-24(36)25(37)8-16/h2-3,9,12-13,16,18-19,21,24-25,36-37,40H,4-8,10-11,14H2,1H3,(H,34,38)(H,35,39). The largest absolute Gasteiger partial charge is 0.390 e.